The lowest BCUT2D eigenvalue weighted by Gasteiger charge is -2.09. The summed E-state index contributed by atoms with van der Waals surface area (Å²) in [5.74, 6) is 2.55. The second-order valence-electron chi connectivity index (χ2n) is 5.45. The molecular weight excluding hydrogens is 288 g/mol. The summed E-state index contributed by atoms with van der Waals surface area (Å²) >= 11 is 0. The van der Waals surface area contributed by atoms with Gasteiger partial charge in [-0.15, -0.1) is 0 Å². The average molecular weight is 306 g/mol. The lowest BCUT2D eigenvalue weighted by Crippen LogP contribution is -2.18. The van der Waals surface area contributed by atoms with E-state index in [4.69, 9.17) is 9.15 Å². The molecule has 0 amide bonds. The zero-order chi connectivity index (χ0) is 15.6. The number of rotatable bonds is 4. The lowest BCUT2D eigenvalue weighted by atomic mass is 10.0. The number of fused-ring (bicyclic) bond motifs is 1. The van der Waals surface area contributed by atoms with Crippen molar-refractivity contribution in [2.24, 2.45) is 4.99 Å². The summed E-state index contributed by atoms with van der Waals surface area (Å²) in [6.45, 7) is 4.33. The topological polar surface area (TPSA) is 46.8 Å². The number of para-hydroxylation sites is 1. The van der Waals surface area contributed by atoms with E-state index in [9.17, 15) is 0 Å². The van der Waals surface area contributed by atoms with Crippen LogP contribution in [0, 0.1) is 0 Å². The van der Waals surface area contributed by atoms with E-state index in [2.05, 4.69) is 28.5 Å². The number of furan rings is 1. The van der Waals surface area contributed by atoms with Crippen LogP contribution in [-0.2, 0) is 0 Å². The number of hydrogen-bond donors (Lipinski definition) is 1. The van der Waals surface area contributed by atoms with Gasteiger partial charge in [0, 0.05) is 17.5 Å². The zero-order valence-corrected chi connectivity index (χ0v) is 13.0. The van der Waals surface area contributed by atoms with Gasteiger partial charge in [-0.1, -0.05) is 24.3 Å². The summed E-state index contributed by atoms with van der Waals surface area (Å²) in [6.07, 6.45) is 0. The average Bonchev–Trinajstić information content (AvgIpc) is 3.24. The van der Waals surface area contributed by atoms with Crippen molar-refractivity contribution in [2.45, 2.75) is 6.92 Å². The van der Waals surface area contributed by atoms with Gasteiger partial charge in [0.05, 0.1) is 13.2 Å². The second kappa shape index (κ2) is 5.80. The van der Waals surface area contributed by atoms with Crippen molar-refractivity contribution in [1.29, 1.82) is 0 Å². The van der Waals surface area contributed by atoms with Gasteiger partial charge in [-0.05, 0) is 36.8 Å². The Labute approximate surface area is 134 Å². The monoisotopic (exact) mass is 306 g/mol. The maximum Gasteiger partial charge on any atom is 0.170 e. The molecule has 0 aliphatic carbocycles. The molecule has 1 aliphatic rings. The van der Waals surface area contributed by atoms with Crippen LogP contribution < -0.4 is 10.1 Å². The van der Waals surface area contributed by atoms with Crippen LogP contribution in [0.3, 0.4) is 0 Å². The summed E-state index contributed by atoms with van der Waals surface area (Å²) in [7, 11) is 0. The Bertz CT molecular complexity index is 880. The third kappa shape index (κ3) is 2.57. The predicted molar refractivity (Wildman–Crippen MR) is 92.2 cm³/mol. The molecule has 1 N–H and O–H groups in total. The highest BCUT2D eigenvalue weighted by Crippen LogP contribution is 2.32. The maximum absolute atomic E-state index is 5.90. The first kappa shape index (κ1) is 13.9. The molecule has 0 saturated carbocycles. The largest absolute Gasteiger partial charge is 0.493 e. The minimum Gasteiger partial charge on any atom is -0.493 e. The highest BCUT2D eigenvalue weighted by molar-refractivity contribution is 6.01. The highest BCUT2D eigenvalue weighted by atomic mass is 16.5. The molecule has 2 heterocycles. The van der Waals surface area contributed by atoms with Gasteiger partial charge in [0.2, 0.25) is 0 Å². The summed E-state index contributed by atoms with van der Waals surface area (Å²) < 4.78 is 11.6. The summed E-state index contributed by atoms with van der Waals surface area (Å²) in [6, 6.07) is 16.3. The molecule has 23 heavy (non-hydrogen) atoms. The van der Waals surface area contributed by atoms with E-state index in [0.717, 1.165) is 52.5 Å². The molecule has 0 radical (unpaired) electrons. The molecule has 1 aromatic heterocycles. The smallest absolute Gasteiger partial charge is 0.170 e. The fraction of sp³-hybridized carbons (Fsp3) is 0.211. The molecule has 4 rings (SSSR count). The lowest BCUT2D eigenvalue weighted by molar-refractivity contribution is 0.341. The Balaban J connectivity index is 1.77. The van der Waals surface area contributed by atoms with Gasteiger partial charge in [-0.25, -0.2) is 0 Å². The molecule has 0 bridgehead atoms. The Kier molecular flexibility index (Phi) is 3.50. The van der Waals surface area contributed by atoms with Gasteiger partial charge in [-0.3, -0.25) is 4.99 Å². The molecular formula is C19H18N2O2. The van der Waals surface area contributed by atoms with Crippen LogP contribution in [0.4, 0.5) is 0 Å². The van der Waals surface area contributed by atoms with Gasteiger partial charge >= 0.3 is 0 Å². The van der Waals surface area contributed by atoms with Crippen molar-refractivity contribution in [1.82, 2.24) is 5.32 Å². The van der Waals surface area contributed by atoms with Crippen LogP contribution in [-0.4, -0.2) is 25.5 Å². The van der Waals surface area contributed by atoms with Gasteiger partial charge in [0.1, 0.15) is 11.3 Å². The molecule has 116 valence electrons. The van der Waals surface area contributed by atoms with Crippen molar-refractivity contribution in [3.63, 3.8) is 0 Å². The first-order valence-electron chi connectivity index (χ1n) is 7.89. The Morgan fingerprint density at radius 1 is 1.17 bits per heavy atom. The molecule has 0 fully saturated rings. The van der Waals surface area contributed by atoms with Gasteiger partial charge in [0.25, 0.3) is 0 Å². The fourth-order valence-electron chi connectivity index (χ4n) is 2.88. The Morgan fingerprint density at radius 2 is 2.09 bits per heavy atom. The van der Waals surface area contributed by atoms with E-state index in [1.807, 2.05) is 37.3 Å². The van der Waals surface area contributed by atoms with Crippen LogP contribution >= 0.6 is 0 Å². The third-order valence-corrected chi connectivity index (χ3v) is 3.92. The highest BCUT2D eigenvalue weighted by Gasteiger charge is 2.14. The van der Waals surface area contributed by atoms with E-state index < -0.39 is 0 Å². The third-order valence-electron chi connectivity index (χ3n) is 3.92. The van der Waals surface area contributed by atoms with E-state index in [1.165, 1.54) is 0 Å². The van der Waals surface area contributed by atoms with Crippen LogP contribution in [0.2, 0.25) is 0 Å². The summed E-state index contributed by atoms with van der Waals surface area (Å²) in [4.78, 5) is 4.41. The van der Waals surface area contributed by atoms with Crippen LogP contribution in [0.15, 0.2) is 57.9 Å². The number of nitrogens with one attached hydrogen (secondary N) is 1. The first-order chi connectivity index (χ1) is 11.3. The quantitative estimate of drug-likeness (QED) is 0.796. The van der Waals surface area contributed by atoms with Crippen molar-refractivity contribution in [3.05, 3.63) is 54.3 Å². The molecule has 3 aromatic rings. The Morgan fingerprint density at radius 3 is 2.91 bits per heavy atom. The fourth-order valence-corrected chi connectivity index (χ4v) is 2.88. The molecule has 0 unspecified atom stereocenters. The molecule has 0 saturated heterocycles. The van der Waals surface area contributed by atoms with Crippen molar-refractivity contribution < 1.29 is 9.15 Å². The number of aliphatic imine (C=N–C) groups is 1. The Hall–Kier alpha value is -2.75. The van der Waals surface area contributed by atoms with Crippen molar-refractivity contribution >= 4 is 16.8 Å². The maximum atomic E-state index is 5.90. The molecule has 2 aromatic carbocycles. The standard InChI is InChI=1S/C19H18N2O2/c1-2-22-17-6-4-3-5-15(17)13-7-8-16-14(11-13)12-18(23-16)19-20-9-10-21-19/h3-8,11-12H,2,9-10H2,1H3,(H,20,21). The van der Waals surface area contributed by atoms with E-state index in [0.29, 0.717) is 6.61 Å². The van der Waals surface area contributed by atoms with Gasteiger partial charge in [0.15, 0.2) is 11.6 Å². The molecule has 4 heteroatoms. The van der Waals surface area contributed by atoms with Crippen molar-refractivity contribution in [2.75, 3.05) is 19.7 Å². The minimum absolute atomic E-state index is 0.653. The zero-order valence-electron chi connectivity index (χ0n) is 13.0. The predicted octanol–water partition coefficient (Wildman–Crippen LogP) is 3.85. The summed E-state index contributed by atoms with van der Waals surface area (Å²) in [5, 5.41) is 4.31. The minimum atomic E-state index is 0.653. The number of nitrogens with zero attached hydrogens (tertiary/aromatic N) is 1. The molecule has 0 atom stereocenters. The first-order valence-corrected chi connectivity index (χ1v) is 7.89. The van der Waals surface area contributed by atoms with E-state index in [1.54, 1.807) is 0 Å². The molecule has 4 nitrogen and oxygen atoms in total. The van der Waals surface area contributed by atoms with Crippen LogP contribution in [0.25, 0.3) is 22.1 Å². The number of benzene rings is 2. The van der Waals surface area contributed by atoms with Gasteiger partial charge in [-0.2, -0.15) is 0 Å². The molecule has 1 aliphatic heterocycles. The van der Waals surface area contributed by atoms with Gasteiger partial charge < -0.3 is 14.5 Å². The van der Waals surface area contributed by atoms with E-state index >= 15 is 0 Å². The number of hydrogen-bond acceptors (Lipinski definition) is 4. The van der Waals surface area contributed by atoms with Crippen molar-refractivity contribution in [3.8, 4) is 16.9 Å². The summed E-state index contributed by atoms with van der Waals surface area (Å²) in [5.41, 5.74) is 3.08. The second-order valence-corrected chi connectivity index (χ2v) is 5.45. The van der Waals surface area contributed by atoms with E-state index in [-0.39, 0.29) is 0 Å². The number of amidine groups is 1. The van der Waals surface area contributed by atoms with Crippen LogP contribution in [0.5, 0.6) is 5.75 Å². The number of ether oxygens (including phenoxy) is 1. The normalized spacial score (nSPS) is 13.9. The van der Waals surface area contributed by atoms with Crippen LogP contribution in [0.1, 0.15) is 12.7 Å². The SMILES string of the molecule is CCOc1ccccc1-c1ccc2oc(C3=NCCN3)cc2c1. The molecule has 0 spiro atoms.